The van der Waals surface area contributed by atoms with Crippen molar-refractivity contribution < 1.29 is 10.2 Å². The molecule has 1 aliphatic carbocycles. The third-order valence-electron chi connectivity index (χ3n) is 5.49. The van der Waals surface area contributed by atoms with Gasteiger partial charge in [-0.1, -0.05) is 56.4 Å². The molecule has 0 bridgehead atoms. The van der Waals surface area contributed by atoms with Crippen molar-refractivity contribution in [2.45, 2.75) is 78.1 Å². The first-order valence-electron chi connectivity index (χ1n) is 9.81. The zero-order valence-corrected chi connectivity index (χ0v) is 16.1. The summed E-state index contributed by atoms with van der Waals surface area (Å²) in [6.45, 7) is 10.7. The fourth-order valence-electron chi connectivity index (χ4n) is 4.10. The number of benzene rings is 1. The van der Waals surface area contributed by atoms with Gasteiger partial charge in [-0.15, -0.1) is 0 Å². The average molecular weight is 343 g/mol. The summed E-state index contributed by atoms with van der Waals surface area (Å²) in [6, 6.07) is 3.34. The first-order valence-corrected chi connectivity index (χ1v) is 9.81. The molecule has 0 radical (unpaired) electrons. The van der Waals surface area contributed by atoms with Gasteiger partial charge in [0.25, 0.3) is 0 Å². The molecule has 2 rings (SSSR count). The molecule has 0 saturated carbocycles. The predicted molar refractivity (Wildman–Crippen MR) is 106 cm³/mol. The van der Waals surface area contributed by atoms with Crippen molar-refractivity contribution >= 4 is 0 Å². The van der Waals surface area contributed by atoms with Gasteiger partial charge in [0.2, 0.25) is 0 Å². The molecule has 0 spiro atoms. The Kier molecular flexibility index (Phi) is 7.16. The second-order valence-electron chi connectivity index (χ2n) is 7.73. The maximum absolute atomic E-state index is 10.6. The molecule has 0 heterocycles. The van der Waals surface area contributed by atoms with Gasteiger partial charge in [-0.2, -0.15) is 0 Å². The molecule has 0 amide bonds. The number of hydrogen-bond acceptors (Lipinski definition) is 2. The van der Waals surface area contributed by atoms with Crippen LogP contribution in [0.5, 0.6) is 11.5 Å². The number of unbranched alkanes of at least 4 members (excludes halogenated alkanes) is 4. The van der Waals surface area contributed by atoms with E-state index in [2.05, 4.69) is 33.4 Å². The Hall–Kier alpha value is -1.70. The second kappa shape index (κ2) is 9.12. The van der Waals surface area contributed by atoms with E-state index in [1.807, 2.05) is 6.07 Å². The Labute approximate surface area is 153 Å². The van der Waals surface area contributed by atoms with Crippen LogP contribution in [0.2, 0.25) is 0 Å². The monoisotopic (exact) mass is 342 g/mol. The van der Waals surface area contributed by atoms with Gasteiger partial charge in [-0.3, -0.25) is 0 Å². The summed E-state index contributed by atoms with van der Waals surface area (Å²) in [5.74, 6) is 0.912. The van der Waals surface area contributed by atoms with Crippen LogP contribution in [0.15, 0.2) is 35.9 Å². The molecule has 1 aliphatic rings. The fourth-order valence-corrected chi connectivity index (χ4v) is 4.10. The molecule has 0 fully saturated rings. The van der Waals surface area contributed by atoms with Crippen molar-refractivity contribution in [3.8, 4) is 11.5 Å². The molecular weight excluding hydrogens is 308 g/mol. The highest BCUT2D eigenvalue weighted by Crippen LogP contribution is 2.45. The summed E-state index contributed by atoms with van der Waals surface area (Å²) >= 11 is 0. The Morgan fingerprint density at radius 2 is 1.88 bits per heavy atom. The molecule has 2 nitrogen and oxygen atoms in total. The molecule has 0 unspecified atom stereocenters. The standard InChI is InChI=1S/C23H34O2/c1-5-6-7-8-9-10-18-14-19(24)15-22(25)23(18)21-13-17(4)11-12-20(21)16(2)3/h13-15,20-21,24-25H,2,5-12H2,1,3-4H3/t20-,21+/m0/s1. The van der Waals surface area contributed by atoms with Crippen LogP contribution in [0.1, 0.15) is 82.8 Å². The van der Waals surface area contributed by atoms with Crippen molar-refractivity contribution in [2.75, 3.05) is 0 Å². The normalized spacial score (nSPS) is 20.4. The quantitative estimate of drug-likeness (QED) is 0.411. The van der Waals surface area contributed by atoms with E-state index in [9.17, 15) is 10.2 Å². The van der Waals surface area contributed by atoms with Gasteiger partial charge in [0.05, 0.1) is 0 Å². The van der Waals surface area contributed by atoms with Crippen molar-refractivity contribution in [1.82, 2.24) is 0 Å². The first kappa shape index (κ1) is 19.6. The molecule has 2 N–H and O–H groups in total. The number of phenolic OH excluding ortho intramolecular Hbond substituents is 2. The maximum atomic E-state index is 10.6. The van der Waals surface area contributed by atoms with Gasteiger partial charge >= 0.3 is 0 Å². The van der Waals surface area contributed by atoms with E-state index in [4.69, 9.17) is 0 Å². The average Bonchev–Trinajstić information content (AvgIpc) is 2.53. The van der Waals surface area contributed by atoms with Crippen LogP contribution in [-0.2, 0) is 6.42 Å². The molecule has 2 heteroatoms. The van der Waals surface area contributed by atoms with Crippen LogP contribution in [0.25, 0.3) is 0 Å². The number of allylic oxidation sites excluding steroid dienone is 3. The number of phenols is 2. The molecule has 1 aromatic carbocycles. The highest BCUT2D eigenvalue weighted by atomic mass is 16.3. The van der Waals surface area contributed by atoms with Crippen molar-refractivity contribution in [2.24, 2.45) is 5.92 Å². The Balaban J connectivity index is 2.31. The van der Waals surface area contributed by atoms with Gasteiger partial charge in [-0.25, -0.2) is 0 Å². The number of rotatable bonds is 8. The summed E-state index contributed by atoms with van der Waals surface area (Å²) in [5, 5.41) is 20.6. The largest absolute Gasteiger partial charge is 0.508 e. The lowest BCUT2D eigenvalue weighted by molar-refractivity contribution is 0.423. The van der Waals surface area contributed by atoms with E-state index < -0.39 is 0 Å². The fraction of sp³-hybridized carbons (Fsp3) is 0.565. The molecule has 0 saturated heterocycles. The molecule has 138 valence electrons. The van der Waals surface area contributed by atoms with Gasteiger partial charge in [0.1, 0.15) is 11.5 Å². The van der Waals surface area contributed by atoms with Crippen molar-refractivity contribution in [1.29, 1.82) is 0 Å². The number of aromatic hydroxyl groups is 2. The van der Waals surface area contributed by atoms with Gasteiger partial charge < -0.3 is 10.2 Å². The van der Waals surface area contributed by atoms with Crippen LogP contribution in [0.3, 0.4) is 0 Å². The Morgan fingerprint density at radius 1 is 1.16 bits per heavy atom. The SMILES string of the molecule is C=C(C)[C@@H]1CCC(C)=C[C@H]1c1c(O)cc(O)cc1CCCCCCC. The molecular formula is C23H34O2. The minimum Gasteiger partial charge on any atom is -0.508 e. The highest BCUT2D eigenvalue weighted by molar-refractivity contribution is 5.50. The van der Waals surface area contributed by atoms with Gasteiger partial charge in [0, 0.05) is 17.5 Å². The summed E-state index contributed by atoms with van der Waals surface area (Å²) < 4.78 is 0. The summed E-state index contributed by atoms with van der Waals surface area (Å²) in [7, 11) is 0. The smallest absolute Gasteiger partial charge is 0.123 e. The van der Waals surface area contributed by atoms with E-state index >= 15 is 0 Å². The minimum absolute atomic E-state index is 0.160. The Morgan fingerprint density at radius 3 is 2.56 bits per heavy atom. The van der Waals surface area contributed by atoms with E-state index in [-0.39, 0.29) is 17.4 Å². The lowest BCUT2D eigenvalue weighted by Gasteiger charge is -2.32. The zero-order valence-electron chi connectivity index (χ0n) is 16.1. The first-order chi connectivity index (χ1) is 11.9. The minimum atomic E-state index is 0.160. The Bertz CT molecular complexity index is 627. The topological polar surface area (TPSA) is 40.5 Å². The van der Waals surface area contributed by atoms with Crippen LogP contribution in [0.4, 0.5) is 0 Å². The van der Waals surface area contributed by atoms with Crippen LogP contribution in [-0.4, -0.2) is 10.2 Å². The van der Waals surface area contributed by atoms with E-state index in [0.717, 1.165) is 36.8 Å². The number of hydrogen-bond donors (Lipinski definition) is 2. The number of aryl methyl sites for hydroxylation is 1. The maximum Gasteiger partial charge on any atom is 0.123 e. The van der Waals surface area contributed by atoms with Crippen LogP contribution >= 0.6 is 0 Å². The lowest BCUT2D eigenvalue weighted by Crippen LogP contribution is -2.18. The summed E-state index contributed by atoms with van der Waals surface area (Å²) in [6.07, 6.45) is 11.5. The van der Waals surface area contributed by atoms with E-state index in [1.54, 1.807) is 0 Å². The molecule has 0 aliphatic heterocycles. The predicted octanol–water partition coefficient (Wildman–Crippen LogP) is 6.63. The second-order valence-corrected chi connectivity index (χ2v) is 7.73. The molecule has 25 heavy (non-hydrogen) atoms. The van der Waals surface area contributed by atoms with Crippen molar-refractivity contribution in [3.63, 3.8) is 0 Å². The van der Waals surface area contributed by atoms with E-state index in [1.165, 1.54) is 42.9 Å². The molecule has 1 aromatic rings. The van der Waals surface area contributed by atoms with Crippen LogP contribution < -0.4 is 0 Å². The zero-order chi connectivity index (χ0) is 18.4. The third kappa shape index (κ3) is 5.14. The molecule has 0 aromatic heterocycles. The summed E-state index contributed by atoms with van der Waals surface area (Å²) in [5.41, 5.74) is 4.65. The van der Waals surface area contributed by atoms with Gasteiger partial charge in [0.15, 0.2) is 0 Å². The van der Waals surface area contributed by atoms with Crippen LogP contribution in [0, 0.1) is 5.92 Å². The summed E-state index contributed by atoms with van der Waals surface area (Å²) in [4.78, 5) is 0. The van der Waals surface area contributed by atoms with E-state index in [0.29, 0.717) is 5.92 Å². The third-order valence-corrected chi connectivity index (χ3v) is 5.49. The lowest BCUT2D eigenvalue weighted by atomic mass is 9.72. The van der Waals surface area contributed by atoms with Crippen molar-refractivity contribution in [3.05, 3.63) is 47.1 Å². The highest BCUT2D eigenvalue weighted by Gasteiger charge is 2.29. The van der Waals surface area contributed by atoms with Gasteiger partial charge in [-0.05, 0) is 57.1 Å². The molecule has 2 atom stereocenters.